The van der Waals surface area contributed by atoms with Crippen LogP contribution in [0.5, 0.6) is 0 Å². The predicted octanol–water partition coefficient (Wildman–Crippen LogP) is 4.63. The van der Waals surface area contributed by atoms with Gasteiger partial charge in [-0.05, 0) is 42.7 Å². The Labute approximate surface area is 187 Å². The fourth-order valence-electron chi connectivity index (χ4n) is 5.14. The Morgan fingerprint density at radius 2 is 1.78 bits per heavy atom. The number of anilines is 1. The first-order valence-electron chi connectivity index (χ1n) is 11.6. The molecule has 0 bridgehead atoms. The molecule has 180 valence electrons. The number of carbonyl (C=O) groups is 1. The number of halogens is 4. The minimum absolute atomic E-state index is 0.283. The number of pyridine rings is 1. The molecular weight excluding hydrogens is 424 g/mol. The summed E-state index contributed by atoms with van der Waals surface area (Å²) in [5.41, 5.74) is 0.325. The van der Waals surface area contributed by atoms with Crippen molar-refractivity contribution in [2.45, 2.75) is 65.1 Å². The van der Waals surface area contributed by atoms with Crippen molar-refractivity contribution in [1.29, 1.82) is 0 Å². The number of hydrogen-bond acceptors (Lipinski definition) is 4. The summed E-state index contributed by atoms with van der Waals surface area (Å²) in [6.07, 6.45) is 1.56. The lowest BCUT2D eigenvalue weighted by Gasteiger charge is -2.40. The van der Waals surface area contributed by atoms with E-state index in [-0.39, 0.29) is 11.4 Å². The molecule has 1 aromatic heterocycles. The first kappa shape index (κ1) is 24.7. The summed E-state index contributed by atoms with van der Waals surface area (Å²) in [6.45, 7) is 8.46. The van der Waals surface area contributed by atoms with E-state index in [2.05, 4.69) is 30.7 Å². The number of rotatable bonds is 7. The molecule has 1 saturated carbocycles. The second-order valence-electron chi connectivity index (χ2n) is 9.35. The summed E-state index contributed by atoms with van der Waals surface area (Å²) in [4.78, 5) is 19.8. The molecule has 1 aliphatic heterocycles. The fraction of sp³-hybridized carbons (Fsp3) is 0.739. The lowest BCUT2D eigenvalue weighted by Crippen LogP contribution is -2.50. The van der Waals surface area contributed by atoms with E-state index < -0.39 is 24.6 Å². The van der Waals surface area contributed by atoms with E-state index >= 15 is 0 Å². The number of nitrogens with one attached hydrogen (secondary N) is 1. The van der Waals surface area contributed by atoms with Crippen molar-refractivity contribution in [2.75, 3.05) is 37.6 Å². The normalized spacial score (nSPS) is 22.9. The van der Waals surface area contributed by atoms with Gasteiger partial charge in [-0.25, -0.2) is 4.98 Å². The lowest BCUT2D eigenvalue weighted by atomic mass is 9.72. The van der Waals surface area contributed by atoms with Gasteiger partial charge in [0.15, 0.2) is 0 Å². The molecule has 5 nitrogen and oxygen atoms in total. The van der Waals surface area contributed by atoms with Crippen LogP contribution in [0.3, 0.4) is 0 Å². The van der Waals surface area contributed by atoms with Gasteiger partial charge in [-0.3, -0.25) is 9.69 Å². The molecule has 1 aliphatic carbocycles. The zero-order valence-electron chi connectivity index (χ0n) is 19.1. The highest BCUT2D eigenvalue weighted by atomic mass is 19.4. The van der Waals surface area contributed by atoms with Crippen LogP contribution in [0.25, 0.3) is 0 Å². The maximum absolute atomic E-state index is 14.6. The molecule has 3 rings (SSSR count). The highest BCUT2D eigenvalue weighted by Crippen LogP contribution is 2.45. The zero-order valence-corrected chi connectivity index (χ0v) is 19.1. The molecule has 1 saturated heterocycles. The summed E-state index contributed by atoms with van der Waals surface area (Å²) in [7, 11) is 0. The number of amides is 1. The molecule has 1 aromatic rings. The molecule has 32 heavy (non-hydrogen) atoms. The molecule has 0 radical (unpaired) electrons. The van der Waals surface area contributed by atoms with Crippen molar-refractivity contribution in [3.63, 3.8) is 0 Å². The van der Waals surface area contributed by atoms with Crippen LogP contribution < -0.4 is 10.2 Å². The SMILES string of the molecule is CCC(C)(CC)C1CC[C@@H](N2CCN(c3ccc(C(=O)NCC(F)(F)F)nc3F)CC2)C1. The van der Waals surface area contributed by atoms with Crippen LogP contribution in [0.1, 0.15) is 63.4 Å². The molecule has 1 unspecified atom stereocenters. The number of hydrogen-bond donors (Lipinski definition) is 1. The molecule has 0 spiro atoms. The third-order valence-electron chi connectivity index (χ3n) is 7.69. The van der Waals surface area contributed by atoms with Crippen LogP contribution >= 0.6 is 0 Å². The third kappa shape index (κ3) is 5.71. The van der Waals surface area contributed by atoms with Crippen molar-refractivity contribution in [2.24, 2.45) is 11.3 Å². The fourth-order valence-corrected chi connectivity index (χ4v) is 5.14. The van der Waals surface area contributed by atoms with Crippen molar-refractivity contribution in [3.05, 3.63) is 23.8 Å². The number of piperazine rings is 1. The van der Waals surface area contributed by atoms with Crippen LogP contribution in [0, 0.1) is 17.3 Å². The van der Waals surface area contributed by atoms with Gasteiger partial charge < -0.3 is 10.2 Å². The second kappa shape index (κ2) is 9.93. The summed E-state index contributed by atoms with van der Waals surface area (Å²) in [5, 5.41) is 1.71. The van der Waals surface area contributed by atoms with E-state index in [9.17, 15) is 22.4 Å². The largest absolute Gasteiger partial charge is 0.405 e. The molecular formula is C23H34F4N4O. The van der Waals surface area contributed by atoms with Crippen LogP contribution in [0.2, 0.25) is 0 Å². The first-order valence-corrected chi connectivity index (χ1v) is 11.6. The maximum atomic E-state index is 14.6. The summed E-state index contributed by atoms with van der Waals surface area (Å²) in [5.74, 6) is -1.13. The molecule has 2 aliphatic rings. The summed E-state index contributed by atoms with van der Waals surface area (Å²) >= 11 is 0. The molecule has 9 heteroatoms. The number of carbonyl (C=O) groups excluding carboxylic acids is 1. The quantitative estimate of drug-likeness (QED) is 0.478. The van der Waals surface area contributed by atoms with Crippen LogP contribution in [0.15, 0.2) is 12.1 Å². The average Bonchev–Trinajstić information content (AvgIpc) is 3.27. The van der Waals surface area contributed by atoms with E-state index in [0.29, 0.717) is 24.5 Å². The summed E-state index contributed by atoms with van der Waals surface area (Å²) < 4.78 is 51.3. The minimum Gasteiger partial charge on any atom is -0.365 e. The Kier molecular flexibility index (Phi) is 7.68. The number of alkyl halides is 3. The average molecular weight is 459 g/mol. The molecule has 2 heterocycles. The predicted molar refractivity (Wildman–Crippen MR) is 116 cm³/mol. The van der Waals surface area contributed by atoms with E-state index in [1.165, 1.54) is 44.2 Å². The lowest BCUT2D eigenvalue weighted by molar-refractivity contribution is -0.123. The Hall–Kier alpha value is -1.90. The topological polar surface area (TPSA) is 48.5 Å². The molecule has 2 atom stereocenters. The maximum Gasteiger partial charge on any atom is 0.405 e. The van der Waals surface area contributed by atoms with Gasteiger partial charge in [0.2, 0.25) is 5.95 Å². The smallest absolute Gasteiger partial charge is 0.365 e. The van der Waals surface area contributed by atoms with Crippen LogP contribution in [0.4, 0.5) is 23.2 Å². The highest BCUT2D eigenvalue weighted by molar-refractivity contribution is 5.92. The van der Waals surface area contributed by atoms with Crippen LogP contribution in [-0.4, -0.2) is 60.7 Å². The molecule has 1 amide bonds. The van der Waals surface area contributed by atoms with Crippen molar-refractivity contribution >= 4 is 11.6 Å². The molecule has 1 N–H and O–H groups in total. The molecule has 0 aromatic carbocycles. The monoisotopic (exact) mass is 458 g/mol. The van der Waals surface area contributed by atoms with E-state index in [1.807, 2.05) is 4.90 Å². The van der Waals surface area contributed by atoms with Gasteiger partial charge in [-0.15, -0.1) is 0 Å². The standard InChI is InChI=1S/C23H34F4N4O/c1-4-22(3,5-2)16-6-7-17(14-16)30-10-12-31(13-11-30)19-9-8-18(29-20(19)24)21(32)28-15-23(25,26)27/h8-9,16-17H,4-7,10-15H2,1-3H3,(H,28,32)/t16?,17-/m1/s1. The molecule has 2 fully saturated rings. The first-order chi connectivity index (χ1) is 15.1. The van der Waals surface area contributed by atoms with Gasteiger partial charge in [0.25, 0.3) is 5.91 Å². The Morgan fingerprint density at radius 1 is 1.12 bits per heavy atom. The Balaban J connectivity index is 1.55. The highest BCUT2D eigenvalue weighted by Gasteiger charge is 2.39. The van der Waals surface area contributed by atoms with E-state index in [1.54, 1.807) is 5.32 Å². The van der Waals surface area contributed by atoms with Gasteiger partial charge in [-0.2, -0.15) is 17.6 Å². The van der Waals surface area contributed by atoms with Gasteiger partial charge in [0.1, 0.15) is 12.2 Å². The van der Waals surface area contributed by atoms with Crippen molar-refractivity contribution in [1.82, 2.24) is 15.2 Å². The van der Waals surface area contributed by atoms with Gasteiger partial charge in [-0.1, -0.05) is 33.6 Å². The minimum atomic E-state index is -4.53. The Bertz CT molecular complexity index is 789. The third-order valence-corrected chi connectivity index (χ3v) is 7.69. The Morgan fingerprint density at radius 3 is 2.34 bits per heavy atom. The van der Waals surface area contributed by atoms with Crippen molar-refractivity contribution in [3.8, 4) is 0 Å². The van der Waals surface area contributed by atoms with E-state index in [0.717, 1.165) is 19.0 Å². The van der Waals surface area contributed by atoms with Gasteiger partial charge in [0, 0.05) is 32.2 Å². The number of nitrogens with zero attached hydrogens (tertiary/aromatic N) is 3. The summed E-state index contributed by atoms with van der Waals surface area (Å²) in [6, 6.07) is 3.27. The second-order valence-corrected chi connectivity index (χ2v) is 9.35. The van der Waals surface area contributed by atoms with Crippen molar-refractivity contribution < 1.29 is 22.4 Å². The van der Waals surface area contributed by atoms with Gasteiger partial charge in [0.05, 0.1) is 5.69 Å². The van der Waals surface area contributed by atoms with E-state index in [4.69, 9.17) is 0 Å². The number of aromatic nitrogens is 1. The van der Waals surface area contributed by atoms with Gasteiger partial charge >= 0.3 is 6.18 Å². The van der Waals surface area contributed by atoms with Crippen LogP contribution in [-0.2, 0) is 0 Å². The zero-order chi connectivity index (χ0) is 23.5.